The number of aryl methyl sites for hydroxylation is 1. The highest BCUT2D eigenvalue weighted by atomic mass is 35.5. The Morgan fingerprint density at radius 2 is 1.97 bits per heavy atom. The first kappa shape index (κ1) is 19.9. The van der Waals surface area contributed by atoms with Gasteiger partial charge in [-0.05, 0) is 42.7 Å². The molecule has 0 aliphatic carbocycles. The van der Waals surface area contributed by atoms with Gasteiger partial charge in [-0.1, -0.05) is 11.6 Å². The molecule has 3 aromatic rings. The van der Waals surface area contributed by atoms with Gasteiger partial charge in [-0.3, -0.25) is 4.79 Å². The first-order chi connectivity index (χ1) is 13.7. The van der Waals surface area contributed by atoms with Gasteiger partial charge < -0.3 is 9.47 Å². The van der Waals surface area contributed by atoms with Crippen LogP contribution >= 0.6 is 23.1 Å². The Balaban J connectivity index is 1.74. The molecule has 1 aliphatic heterocycles. The number of carbonyl (C=O) groups is 1. The van der Waals surface area contributed by atoms with Gasteiger partial charge in [-0.2, -0.15) is 4.37 Å². The van der Waals surface area contributed by atoms with Gasteiger partial charge in [0.1, 0.15) is 21.7 Å². The van der Waals surface area contributed by atoms with E-state index in [9.17, 15) is 13.2 Å². The highest BCUT2D eigenvalue weighted by molar-refractivity contribution is 7.90. The van der Waals surface area contributed by atoms with Gasteiger partial charge in [-0.15, -0.1) is 10.2 Å². The van der Waals surface area contributed by atoms with E-state index in [1.54, 1.807) is 31.2 Å². The molecule has 0 saturated heterocycles. The Bertz CT molecular complexity index is 1170. The first-order valence-electron chi connectivity index (χ1n) is 8.71. The van der Waals surface area contributed by atoms with Crippen molar-refractivity contribution in [3.05, 3.63) is 46.5 Å². The number of amides is 1. The number of carbonyl (C=O) groups excluding carboxylic acids is 1. The van der Waals surface area contributed by atoms with Crippen LogP contribution in [0.25, 0.3) is 10.8 Å². The molecule has 1 aromatic carbocycles. The summed E-state index contributed by atoms with van der Waals surface area (Å²) in [5.41, 5.74) is 0.431. The SMILES string of the molecule is Cc1nsc(-c2nnc3n2CCN(C(=O)c2ccc(Cl)cc2)[C@@H]3CS(C)(=O)=O)n1. The van der Waals surface area contributed by atoms with E-state index in [2.05, 4.69) is 19.6 Å². The summed E-state index contributed by atoms with van der Waals surface area (Å²) in [6.07, 6.45) is 1.14. The van der Waals surface area contributed by atoms with E-state index in [0.29, 0.717) is 46.2 Å². The maximum Gasteiger partial charge on any atom is 0.254 e. The molecule has 1 aliphatic rings. The van der Waals surface area contributed by atoms with Crippen molar-refractivity contribution in [2.75, 3.05) is 18.6 Å². The average molecular weight is 453 g/mol. The molecule has 0 unspecified atom stereocenters. The predicted molar refractivity (Wildman–Crippen MR) is 109 cm³/mol. The van der Waals surface area contributed by atoms with Gasteiger partial charge in [-0.25, -0.2) is 13.4 Å². The lowest BCUT2D eigenvalue weighted by Crippen LogP contribution is -2.45. The van der Waals surface area contributed by atoms with Crippen LogP contribution < -0.4 is 0 Å². The van der Waals surface area contributed by atoms with Crippen molar-refractivity contribution >= 4 is 38.9 Å². The third-order valence-electron chi connectivity index (χ3n) is 4.55. The quantitative estimate of drug-likeness (QED) is 0.595. The second-order valence-electron chi connectivity index (χ2n) is 6.79. The predicted octanol–water partition coefficient (Wildman–Crippen LogP) is 2.00. The summed E-state index contributed by atoms with van der Waals surface area (Å²) >= 11 is 7.12. The minimum atomic E-state index is -3.39. The average Bonchev–Trinajstić information content (AvgIpc) is 3.27. The van der Waals surface area contributed by atoms with Crippen molar-refractivity contribution in [2.45, 2.75) is 19.5 Å². The zero-order valence-corrected chi connectivity index (χ0v) is 18.0. The van der Waals surface area contributed by atoms with Crippen LogP contribution in [0.1, 0.15) is 28.0 Å². The van der Waals surface area contributed by atoms with Gasteiger partial charge in [0.15, 0.2) is 16.7 Å². The van der Waals surface area contributed by atoms with Gasteiger partial charge in [0.25, 0.3) is 5.91 Å². The van der Waals surface area contributed by atoms with E-state index >= 15 is 0 Å². The van der Waals surface area contributed by atoms with Crippen molar-refractivity contribution in [2.24, 2.45) is 0 Å². The molecule has 0 saturated carbocycles. The van der Waals surface area contributed by atoms with E-state index in [1.165, 1.54) is 16.4 Å². The number of fused-ring (bicyclic) bond motifs is 1. The number of hydrogen-bond donors (Lipinski definition) is 0. The van der Waals surface area contributed by atoms with Crippen LogP contribution in [0.2, 0.25) is 5.02 Å². The number of benzene rings is 1. The van der Waals surface area contributed by atoms with Crippen LogP contribution in [0.3, 0.4) is 0 Å². The first-order valence-corrected chi connectivity index (χ1v) is 11.9. The monoisotopic (exact) mass is 452 g/mol. The summed E-state index contributed by atoms with van der Waals surface area (Å²) in [7, 11) is -3.39. The molecule has 2 aromatic heterocycles. The number of nitrogens with zero attached hydrogens (tertiary/aromatic N) is 6. The number of sulfone groups is 1. The smallest absolute Gasteiger partial charge is 0.254 e. The summed E-state index contributed by atoms with van der Waals surface area (Å²) in [5, 5.41) is 9.56. The summed E-state index contributed by atoms with van der Waals surface area (Å²) in [6, 6.07) is 5.75. The Kier molecular flexibility index (Phi) is 5.13. The molecule has 0 bridgehead atoms. The zero-order chi connectivity index (χ0) is 20.8. The van der Waals surface area contributed by atoms with Crippen LogP contribution in [-0.4, -0.2) is 61.9 Å². The number of halogens is 1. The van der Waals surface area contributed by atoms with Crippen molar-refractivity contribution in [3.8, 4) is 10.8 Å². The molecule has 29 heavy (non-hydrogen) atoms. The van der Waals surface area contributed by atoms with Crippen molar-refractivity contribution < 1.29 is 13.2 Å². The molecule has 1 atom stereocenters. The fraction of sp³-hybridized carbons (Fsp3) is 0.353. The Labute approximate surface area is 176 Å². The maximum atomic E-state index is 13.1. The van der Waals surface area contributed by atoms with Crippen molar-refractivity contribution in [1.29, 1.82) is 0 Å². The lowest BCUT2D eigenvalue weighted by Gasteiger charge is -2.35. The minimum Gasteiger partial charge on any atom is -0.326 e. The molecule has 3 heterocycles. The molecule has 0 N–H and O–H groups in total. The summed E-state index contributed by atoms with van der Waals surface area (Å²) in [6.45, 7) is 2.53. The van der Waals surface area contributed by atoms with Crippen LogP contribution in [0.5, 0.6) is 0 Å². The van der Waals surface area contributed by atoms with E-state index in [1.807, 2.05) is 4.57 Å². The van der Waals surface area contributed by atoms with Crippen molar-refractivity contribution in [1.82, 2.24) is 29.0 Å². The molecule has 4 rings (SSSR count). The number of rotatable bonds is 4. The third-order valence-corrected chi connectivity index (χ3v) is 6.53. The summed E-state index contributed by atoms with van der Waals surface area (Å²) in [5.74, 6) is 1.05. The topological polar surface area (TPSA) is 111 Å². The van der Waals surface area contributed by atoms with Crippen molar-refractivity contribution in [3.63, 3.8) is 0 Å². The third kappa shape index (κ3) is 4.02. The van der Waals surface area contributed by atoms with Gasteiger partial charge in [0.05, 0.1) is 5.75 Å². The number of hydrogen-bond acceptors (Lipinski definition) is 8. The standard InChI is InChI=1S/C17H17ClN6O3S2/c1-10-19-16(28-22-10)15-21-20-14-13(9-29(2,26)27)23(7-8-24(14)15)17(25)11-3-5-12(18)6-4-11/h3-6,13H,7-9H2,1-2H3/t13-/m1/s1. The fourth-order valence-corrected chi connectivity index (χ4v) is 4.98. The van der Waals surface area contributed by atoms with E-state index in [4.69, 9.17) is 11.6 Å². The lowest BCUT2D eigenvalue weighted by molar-refractivity contribution is 0.0642. The van der Waals surface area contributed by atoms with Crippen LogP contribution in [0.4, 0.5) is 0 Å². The van der Waals surface area contributed by atoms with E-state index in [0.717, 1.165) is 6.26 Å². The molecule has 0 spiro atoms. The molecule has 1 amide bonds. The maximum absolute atomic E-state index is 13.1. The second-order valence-corrected chi connectivity index (χ2v) is 10.2. The Morgan fingerprint density at radius 1 is 1.24 bits per heavy atom. The van der Waals surface area contributed by atoms with E-state index < -0.39 is 15.9 Å². The fourth-order valence-electron chi connectivity index (χ4n) is 3.28. The lowest BCUT2D eigenvalue weighted by atomic mass is 10.1. The highest BCUT2D eigenvalue weighted by Gasteiger charge is 2.37. The van der Waals surface area contributed by atoms with Gasteiger partial charge in [0.2, 0.25) is 0 Å². The Morgan fingerprint density at radius 3 is 2.59 bits per heavy atom. The van der Waals surface area contributed by atoms with Crippen LogP contribution in [0, 0.1) is 6.92 Å². The molecular formula is C17H17ClN6O3S2. The molecule has 12 heteroatoms. The Hall–Kier alpha value is -2.37. The van der Waals surface area contributed by atoms with Crippen LogP contribution in [0.15, 0.2) is 24.3 Å². The van der Waals surface area contributed by atoms with Crippen LogP contribution in [-0.2, 0) is 16.4 Å². The molecule has 9 nitrogen and oxygen atoms in total. The summed E-state index contributed by atoms with van der Waals surface area (Å²) in [4.78, 5) is 19.0. The molecule has 0 fully saturated rings. The van der Waals surface area contributed by atoms with Gasteiger partial charge >= 0.3 is 0 Å². The summed E-state index contributed by atoms with van der Waals surface area (Å²) < 4.78 is 30.2. The molecular weight excluding hydrogens is 436 g/mol. The largest absolute Gasteiger partial charge is 0.326 e. The highest BCUT2D eigenvalue weighted by Crippen LogP contribution is 2.31. The van der Waals surface area contributed by atoms with E-state index in [-0.39, 0.29) is 11.7 Å². The molecule has 152 valence electrons. The number of aromatic nitrogens is 5. The second kappa shape index (κ2) is 7.47. The normalized spacial score (nSPS) is 16.7. The zero-order valence-electron chi connectivity index (χ0n) is 15.6. The molecule has 0 radical (unpaired) electrons. The van der Waals surface area contributed by atoms with Gasteiger partial charge in [0, 0.05) is 29.9 Å². The minimum absolute atomic E-state index is 0.250.